The van der Waals surface area contributed by atoms with Crippen LogP contribution in [0.1, 0.15) is 31.2 Å². The van der Waals surface area contributed by atoms with E-state index in [9.17, 15) is 4.79 Å². The third kappa shape index (κ3) is 5.50. The number of hydrogen-bond donors (Lipinski definition) is 1. The van der Waals surface area contributed by atoms with E-state index in [1.54, 1.807) is 6.07 Å². The first-order chi connectivity index (χ1) is 10.2. The second kappa shape index (κ2) is 8.62. The number of halogens is 2. The normalized spacial score (nSPS) is 15.8. The van der Waals surface area contributed by atoms with Crippen LogP contribution >= 0.6 is 23.2 Å². The van der Waals surface area contributed by atoms with Gasteiger partial charge in [0, 0.05) is 23.1 Å². The van der Waals surface area contributed by atoms with Gasteiger partial charge in [-0.2, -0.15) is 0 Å². The van der Waals surface area contributed by atoms with Gasteiger partial charge in [-0.15, -0.1) is 0 Å². The number of nitrogens with one attached hydrogen (secondary N) is 1. The Bertz CT molecular complexity index is 471. The Morgan fingerprint density at radius 1 is 1.14 bits per heavy atom. The van der Waals surface area contributed by atoms with E-state index in [1.807, 2.05) is 17.0 Å². The van der Waals surface area contributed by atoms with Crippen molar-refractivity contribution in [1.82, 2.24) is 10.2 Å². The first-order valence-corrected chi connectivity index (χ1v) is 8.35. The molecule has 1 N–H and O–H groups in total. The highest BCUT2D eigenvalue weighted by atomic mass is 35.5. The lowest BCUT2D eigenvalue weighted by atomic mass is 10.1. The summed E-state index contributed by atoms with van der Waals surface area (Å²) in [6.07, 6.45) is 5.54. The fourth-order valence-electron chi connectivity index (χ4n) is 2.57. The molecule has 0 spiro atoms. The van der Waals surface area contributed by atoms with E-state index in [1.165, 1.54) is 12.8 Å². The molecule has 1 aromatic carbocycles. The topological polar surface area (TPSA) is 32.3 Å². The zero-order valence-corrected chi connectivity index (χ0v) is 13.7. The first-order valence-electron chi connectivity index (χ1n) is 7.59. The fourth-order valence-corrected chi connectivity index (χ4v) is 3.08. The molecule has 0 unspecified atom stereocenters. The van der Waals surface area contributed by atoms with Gasteiger partial charge < -0.3 is 10.2 Å². The first kappa shape index (κ1) is 16.6. The van der Waals surface area contributed by atoms with E-state index in [0.717, 1.165) is 44.5 Å². The number of hydrogen-bond acceptors (Lipinski definition) is 2. The minimum absolute atomic E-state index is 0.208. The van der Waals surface area contributed by atoms with Gasteiger partial charge in [-0.3, -0.25) is 4.79 Å². The Morgan fingerprint density at radius 3 is 2.52 bits per heavy atom. The van der Waals surface area contributed by atoms with Gasteiger partial charge in [0.05, 0.1) is 6.54 Å². The molecule has 0 aliphatic carbocycles. The minimum atomic E-state index is 0.208. The highest BCUT2D eigenvalue weighted by Gasteiger charge is 2.14. The predicted molar refractivity (Wildman–Crippen MR) is 88.1 cm³/mol. The molecule has 1 heterocycles. The molecule has 3 nitrogen and oxygen atoms in total. The van der Waals surface area contributed by atoms with Crippen molar-refractivity contribution in [2.75, 3.05) is 26.2 Å². The predicted octanol–water partition coefficient (Wildman–Crippen LogP) is 3.53. The fraction of sp³-hybridized carbons (Fsp3) is 0.562. The molecule has 2 rings (SSSR count). The Morgan fingerprint density at radius 2 is 1.86 bits per heavy atom. The van der Waals surface area contributed by atoms with Crippen LogP contribution in [0.2, 0.25) is 10.0 Å². The maximum absolute atomic E-state index is 12.1. The van der Waals surface area contributed by atoms with Gasteiger partial charge in [0.1, 0.15) is 0 Å². The Balaban J connectivity index is 1.70. The summed E-state index contributed by atoms with van der Waals surface area (Å²) in [5.41, 5.74) is 1.05. The quantitative estimate of drug-likeness (QED) is 0.838. The molecule has 0 bridgehead atoms. The molecule has 21 heavy (non-hydrogen) atoms. The molecule has 0 atom stereocenters. The second-order valence-corrected chi connectivity index (χ2v) is 6.30. The summed E-state index contributed by atoms with van der Waals surface area (Å²) < 4.78 is 0. The summed E-state index contributed by atoms with van der Waals surface area (Å²) in [4.78, 5) is 14.1. The van der Waals surface area contributed by atoms with Crippen molar-refractivity contribution in [1.29, 1.82) is 0 Å². The maximum Gasteiger partial charge on any atom is 0.236 e. The smallest absolute Gasteiger partial charge is 0.236 e. The summed E-state index contributed by atoms with van der Waals surface area (Å²) in [7, 11) is 0. The van der Waals surface area contributed by atoms with Crippen molar-refractivity contribution >= 4 is 29.1 Å². The monoisotopic (exact) mass is 328 g/mol. The van der Waals surface area contributed by atoms with Crippen molar-refractivity contribution in [2.24, 2.45) is 0 Å². The molecular formula is C16H22Cl2N2O. The molecule has 1 aliphatic heterocycles. The molecule has 1 amide bonds. The lowest BCUT2D eigenvalue weighted by molar-refractivity contribution is -0.130. The van der Waals surface area contributed by atoms with Crippen molar-refractivity contribution in [3.63, 3.8) is 0 Å². The summed E-state index contributed by atoms with van der Waals surface area (Å²) in [5.74, 6) is 0.208. The lowest BCUT2D eigenvalue weighted by Gasteiger charge is -2.20. The minimum Gasteiger partial charge on any atom is -0.342 e. The Kier molecular flexibility index (Phi) is 6.81. The van der Waals surface area contributed by atoms with Crippen LogP contribution in [0.5, 0.6) is 0 Å². The molecule has 1 aliphatic rings. The van der Waals surface area contributed by atoms with Crippen LogP contribution in [0.25, 0.3) is 0 Å². The van der Waals surface area contributed by atoms with Crippen LogP contribution in [-0.2, 0) is 11.2 Å². The lowest BCUT2D eigenvalue weighted by Crippen LogP contribution is -2.39. The van der Waals surface area contributed by atoms with Crippen LogP contribution < -0.4 is 5.32 Å². The van der Waals surface area contributed by atoms with Gasteiger partial charge in [-0.25, -0.2) is 0 Å². The second-order valence-electron chi connectivity index (χ2n) is 5.46. The van der Waals surface area contributed by atoms with E-state index in [-0.39, 0.29) is 5.91 Å². The molecule has 0 radical (unpaired) electrons. The van der Waals surface area contributed by atoms with Gasteiger partial charge in [-0.1, -0.05) is 42.1 Å². The van der Waals surface area contributed by atoms with Crippen LogP contribution in [0.4, 0.5) is 0 Å². The molecule has 0 aromatic heterocycles. The number of amides is 1. The summed E-state index contributed by atoms with van der Waals surface area (Å²) >= 11 is 12.0. The molecular weight excluding hydrogens is 307 g/mol. The van der Waals surface area contributed by atoms with Gasteiger partial charge in [-0.05, 0) is 43.5 Å². The van der Waals surface area contributed by atoms with Crippen LogP contribution in [0.3, 0.4) is 0 Å². The SMILES string of the molecule is O=C(CNCCc1ccc(Cl)cc1Cl)N1CCCCCC1. The summed E-state index contributed by atoms with van der Waals surface area (Å²) in [6, 6.07) is 5.52. The third-order valence-electron chi connectivity index (χ3n) is 3.82. The van der Waals surface area contributed by atoms with Crippen LogP contribution in [-0.4, -0.2) is 37.0 Å². The van der Waals surface area contributed by atoms with Crippen molar-refractivity contribution in [3.8, 4) is 0 Å². The van der Waals surface area contributed by atoms with E-state index >= 15 is 0 Å². The van der Waals surface area contributed by atoms with E-state index < -0.39 is 0 Å². The van der Waals surface area contributed by atoms with E-state index in [4.69, 9.17) is 23.2 Å². The van der Waals surface area contributed by atoms with Gasteiger partial charge in [0.2, 0.25) is 5.91 Å². The van der Waals surface area contributed by atoms with E-state index in [2.05, 4.69) is 5.32 Å². The molecule has 0 saturated carbocycles. The molecule has 1 saturated heterocycles. The molecule has 5 heteroatoms. The molecule has 1 aromatic rings. The summed E-state index contributed by atoms with van der Waals surface area (Å²) in [6.45, 7) is 2.96. The molecule has 116 valence electrons. The zero-order chi connectivity index (χ0) is 15.1. The average molecular weight is 329 g/mol. The van der Waals surface area contributed by atoms with Crippen LogP contribution in [0, 0.1) is 0 Å². The van der Waals surface area contributed by atoms with Gasteiger partial charge in [0.25, 0.3) is 0 Å². The van der Waals surface area contributed by atoms with Gasteiger partial charge >= 0.3 is 0 Å². The Labute approximate surface area is 136 Å². The van der Waals surface area contributed by atoms with Crippen molar-refractivity contribution < 1.29 is 4.79 Å². The number of benzene rings is 1. The molecule has 1 fully saturated rings. The number of carbonyl (C=O) groups excluding carboxylic acids is 1. The van der Waals surface area contributed by atoms with E-state index in [0.29, 0.717) is 16.6 Å². The standard InChI is InChI=1S/C16H22Cl2N2O/c17-14-6-5-13(15(18)11-14)7-8-19-12-16(21)20-9-3-1-2-4-10-20/h5-6,11,19H,1-4,7-10,12H2. The zero-order valence-electron chi connectivity index (χ0n) is 12.2. The maximum atomic E-state index is 12.1. The van der Waals surface area contributed by atoms with Crippen LogP contribution in [0.15, 0.2) is 18.2 Å². The van der Waals surface area contributed by atoms with Gasteiger partial charge in [0.15, 0.2) is 0 Å². The number of carbonyl (C=O) groups is 1. The number of rotatable bonds is 5. The Hall–Kier alpha value is -0.770. The largest absolute Gasteiger partial charge is 0.342 e. The number of nitrogens with zero attached hydrogens (tertiary/aromatic N) is 1. The van der Waals surface area contributed by atoms with Crippen molar-refractivity contribution in [2.45, 2.75) is 32.1 Å². The van der Waals surface area contributed by atoms with Crippen molar-refractivity contribution in [3.05, 3.63) is 33.8 Å². The highest BCUT2D eigenvalue weighted by molar-refractivity contribution is 6.35. The summed E-state index contributed by atoms with van der Waals surface area (Å²) in [5, 5.41) is 4.54. The highest BCUT2D eigenvalue weighted by Crippen LogP contribution is 2.21. The number of likely N-dealkylation sites (tertiary alicyclic amines) is 1. The average Bonchev–Trinajstić information content (AvgIpc) is 2.74. The third-order valence-corrected chi connectivity index (χ3v) is 4.41.